The Bertz CT molecular complexity index is 414. The number of ether oxygens (including phenoxy) is 1. The second kappa shape index (κ2) is 5.33. The molecule has 1 aromatic carbocycles. The predicted molar refractivity (Wildman–Crippen MR) is 64.3 cm³/mol. The summed E-state index contributed by atoms with van der Waals surface area (Å²) in [6.45, 7) is 0. The van der Waals surface area contributed by atoms with Crippen molar-refractivity contribution in [3.8, 4) is 0 Å². The molecule has 0 amide bonds. The molecule has 1 fully saturated rings. The van der Waals surface area contributed by atoms with E-state index in [9.17, 15) is 13.9 Å². The first-order chi connectivity index (χ1) is 8.57. The normalized spacial score (nSPS) is 20.0. The number of rotatable bonds is 4. The van der Waals surface area contributed by atoms with E-state index < -0.39 is 23.3 Å². The van der Waals surface area contributed by atoms with Crippen LogP contribution in [0.25, 0.3) is 0 Å². The van der Waals surface area contributed by atoms with Gasteiger partial charge in [0, 0.05) is 19.6 Å². The molecule has 2 nitrogen and oxygen atoms in total. The summed E-state index contributed by atoms with van der Waals surface area (Å²) in [4.78, 5) is 0. The summed E-state index contributed by atoms with van der Waals surface area (Å²) in [7, 11) is 1.58. The highest BCUT2D eigenvalue weighted by Crippen LogP contribution is 2.36. The van der Waals surface area contributed by atoms with Crippen molar-refractivity contribution in [2.75, 3.05) is 7.11 Å². The number of methoxy groups -OCH3 is 1. The van der Waals surface area contributed by atoms with Gasteiger partial charge in [0.2, 0.25) is 0 Å². The van der Waals surface area contributed by atoms with E-state index in [1.54, 1.807) is 7.11 Å². The fourth-order valence-corrected chi connectivity index (χ4v) is 2.73. The minimum absolute atomic E-state index is 0.153. The Morgan fingerprint density at radius 1 is 1.33 bits per heavy atom. The molecule has 0 radical (unpaired) electrons. The highest BCUT2D eigenvalue weighted by atomic mass is 19.1. The van der Waals surface area contributed by atoms with Crippen molar-refractivity contribution >= 4 is 0 Å². The summed E-state index contributed by atoms with van der Waals surface area (Å²) in [5, 5.41) is 10.3. The van der Waals surface area contributed by atoms with Gasteiger partial charge < -0.3 is 9.84 Å². The SMILES string of the molecule is COC1(C(O)Cc2ccc(F)cc2F)CCCC1. The van der Waals surface area contributed by atoms with Gasteiger partial charge in [-0.2, -0.15) is 0 Å². The van der Waals surface area contributed by atoms with Gasteiger partial charge in [-0.25, -0.2) is 8.78 Å². The van der Waals surface area contributed by atoms with Crippen molar-refractivity contribution < 1.29 is 18.6 Å². The molecule has 1 atom stereocenters. The average molecular weight is 256 g/mol. The van der Waals surface area contributed by atoms with Crippen molar-refractivity contribution in [1.82, 2.24) is 0 Å². The summed E-state index contributed by atoms with van der Waals surface area (Å²) in [5.41, 5.74) is -0.242. The topological polar surface area (TPSA) is 29.5 Å². The molecule has 2 rings (SSSR count). The molecular formula is C14H18F2O2. The lowest BCUT2D eigenvalue weighted by Crippen LogP contribution is -2.43. The lowest BCUT2D eigenvalue weighted by atomic mass is 9.89. The largest absolute Gasteiger partial charge is 0.390 e. The molecular weight excluding hydrogens is 238 g/mol. The Balaban J connectivity index is 2.12. The van der Waals surface area contributed by atoms with Gasteiger partial charge in [0.1, 0.15) is 11.6 Å². The summed E-state index contributed by atoms with van der Waals surface area (Å²) < 4.78 is 31.8. The van der Waals surface area contributed by atoms with Crippen molar-refractivity contribution in [2.45, 2.75) is 43.8 Å². The average Bonchev–Trinajstić information content (AvgIpc) is 2.82. The molecule has 0 spiro atoms. The van der Waals surface area contributed by atoms with Gasteiger partial charge in [-0.1, -0.05) is 18.9 Å². The van der Waals surface area contributed by atoms with Gasteiger partial charge in [0.15, 0.2) is 0 Å². The second-order valence-corrected chi connectivity index (χ2v) is 4.93. The van der Waals surface area contributed by atoms with Crippen LogP contribution in [0.5, 0.6) is 0 Å². The number of hydrogen-bond acceptors (Lipinski definition) is 2. The summed E-state index contributed by atoms with van der Waals surface area (Å²) in [5.74, 6) is -1.22. The molecule has 0 saturated heterocycles. The molecule has 0 bridgehead atoms. The number of hydrogen-bond donors (Lipinski definition) is 1. The van der Waals surface area contributed by atoms with Crippen LogP contribution in [0.1, 0.15) is 31.2 Å². The van der Waals surface area contributed by atoms with E-state index in [1.807, 2.05) is 0 Å². The summed E-state index contributed by atoms with van der Waals surface area (Å²) in [6, 6.07) is 3.43. The Morgan fingerprint density at radius 2 is 2.00 bits per heavy atom. The van der Waals surface area contributed by atoms with Gasteiger partial charge in [-0.05, 0) is 24.5 Å². The zero-order valence-electron chi connectivity index (χ0n) is 10.5. The molecule has 18 heavy (non-hydrogen) atoms. The van der Waals surface area contributed by atoms with Crippen molar-refractivity contribution in [2.24, 2.45) is 0 Å². The third kappa shape index (κ3) is 2.54. The minimum Gasteiger partial charge on any atom is -0.390 e. The maximum absolute atomic E-state index is 13.5. The Labute approximate surface area is 106 Å². The molecule has 4 heteroatoms. The summed E-state index contributed by atoms with van der Waals surface area (Å²) in [6.07, 6.45) is 2.99. The van der Waals surface area contributed by atoms with Gasteiger partial charge in [0.25, 0.3) is 0 Å². The number of aliphatic hydroxyl groups is 1. The van der Waals surface area contributed by atoms with Crippen LogP contribution < -0.4 is 0 Å². The molecule has 0 aliphatic heterocycles. The molecule has 1 N–H and O–H groups in total. The molecule has 100 valence electrons. The van der Waals surface area contributed by atoms with E-state index >= 15 is 0 Å². The Morgan fingerprint density at radius 3 is 2.56 bits per heavy atom. The van der Waals surface area contributed by atoms with Crippen molar-refractivity contribution in [1.29, 1.82) is 0 Å². The standard InChI is InChI=1S/C14H18F2O2/c1-18-14(6-2-3-7-14)13(17)8-10-4-5-11(15)9-12(10)16/h4-5,9,13,17H,2-3,6-8H2,1H3. The lowest BCUT2D eigenvalue weighted by molar-refractivity contribution is -0.0973. The summed E-state index contributed by atoms with van der Waals surface area (Å²) >= 11 is 0. The number of halogens is 2. The van der Waals surface area contributed by atoms with E-state index in [2.05, 4.69) is 0 Å². The molecule has 1 aromatic rings. The zero-order chi connectivity index (χ0) is 13.2. The monoisotopic (exact) mass is 256 g/mol. The van der Waals surface area contributed by atoms with E-state index in [0.29, 0.717) is 5.56 Å². The predicted octanol–water partition coefficient (Wildman–Crippen LogP) is 2.83. The molecule has 1 aliphatic carbocycles. The second-order valence-electron chi connectivity index (χ2n) is 4.93. The first-order valence-electron chi connectivity index (χ1n) is 6.24. The van der Waals surface area contributed by atoms with E-state index in [4.69, 9.17) is 4.74 Å². The molecule has 0 aromatic heterocycles. The highest BCUT2D eigenvalue weighted by molar-refractivity contribution is 5.20. The van der Waals surface area contributed by atoms with E-state index in [1.165, 1.54) is 12.1 Å². The van der Waals surface area contributed by atoms with Gasteiger partial charge >= 0.3 is 0 Å². The van der Waals surface area contributed by atoms with Gasteiger partial charge in [-0.3, -0.25) is 0 Å². The van der Waals surface area contributed by atoms with Crippen molar-refractivity contribution in [3.05, 3.63) is 35.4 Å². The van der Waals surface area contributed by atoms with Crippen LogP contribution in [-0.2, 0) is 11.2 Å². The maximum atomic E-state index is 13.5. The minimum atomic E-state index is -0.759. The van der Waals surface area contributed by atoms with Crippen LogP contribution in [-0.4, -0.2) is 23.9 Å². The number of aliphatic hydroxyl groups excluding tert-OH is 1. The molecule has 1 saturated carbocycles. The highest BCUT2D eigenvalue weighted by Gasteiger charge is 2.40. The number of benzene rings is 1. The molecule has 1 unspecified atom stereocenters. The van der Waals surface area contributed by atoms with Crippen LogP contribution in [0.15, 0.2) is 18.2 Å². The van der Waals surface area contributed by atoms with Gasteiger partial charge in [0.05, 0.1) is 11.7 Å². The zero-order valence-corrected chi connectivity index (χ0v) is 10.5. The molecule has 1 aliphatic rings. The van der Waals surface area contributed by atoms with Gasteiger partial charge in [-0.15, -0.1) is 0 Å². The van der Waals surface area contributed by atoms with Crippen molar-refractivity contribution in [3.63, 3.8) is 0 Å². The Kier molecular flexibility index (Phi) is 3.97. The van der Waals surface area contributed by atoms with E-state index in [-0.39, 0.29) is 6.42 Å². The maximum Gasteiger partial charge on any atom is 0.129 e. The van der Waals surface area contributed by atoms with Crippen LogP contribution in [0.3, 0.4) is 0 Å². The first-order valence-corrected chi connectivity index (χ1v) is 6.24. The molecule has 0 heterocycles. The van der Waals surface area contributed by atoms with Crippen LogP contribution in [0.2, 0.25) is 0 Å². The fourth-order valence-electron chi connectivity index (χ4n) is 2.73. The lowest BCUT2D eigenvalue weighted by Gasteiger charge is -2.33. The Hall–Kier alpha value is -1.00. The quantitative estimate of drug-likeness (QED) is 0.897. The van der Waals surface area contributed by atoms with Crippen LogP contribution >= 0.6 is 0 Å². The first kappa shape index (κ1) is 13.4. The third-order valence-electron chi connectivity index (χ3n) is 3.89. The van der Waals surface area contributed by atoms with E-state index in [0.717, 1.165) is 31.7 Å². The van der Waals surface area contributed by atoms with Crippen LogP contribution in [0, 0.1) is 11.6 Å². The smallest absolute Gasteiger partial charge is 0.129 e. The van der Waals surface area contributed by atoms with Crippen LogP contribution in [0.4, 0.5) is 8.78 Å². The third-order valence-corrected chi connectivity index (χ3v) is 3.89. The fraction of sp³-hybridized carbons (Fsp3) is 0.571.